The lowest BCUT2D eigenvalue weighted by molar-refractivity contribution is -0.129. The van der Waals surface area contributed by atoms with Crippen molar-refractivity contribution in [2.75, 3.05) is 13.2 Å². The molecule has 3 nitrogen and oxygen atoms in total. The maximum Gasteiger partial charge on any atom is 0.244 e. The Morgan fingerprint density at radius 3 is 2.50 bits per heavy atom. The second-order valence-electron chi connectivity index (χ2n) is 3.78. The van der Waals surface area contributed by atoms with Gasteiger partial charge in [0.25, 0.3) is 0 Å². The zero-order chi connectivity index (χ0) is 11.6. The molecule has 1 aliphatic heterocycles. The molecule has 1 aromatic rings. The highest BCUT2D eigenvalue weighted by molar-refractivity contribution is 6.30. The van der Waals surface area contributed by atoms with Crippen molar-refractivity contribution in [1.29, 1.82) is 0 Å². The number of benzene rings is 1. The maximum absolute atomic E-state index is 11.3. The van der Waals surface area contributed by atoms with Crippen molar-refractivity contribution >= 4 is 17.5 Å². The Labute approximate surface area is 99.1 Å². The molecule has 1 aliphatic rings. The molecule has 1 aromatic carbocycles. The largest absolute Gasteiger partial charge is 0.376 e. The predicted octanol–water partition coefficient (Wildman–Crippen LogP) is 1.87. The predicted molar refractivity (Wildman–Crippen MR) is 62.3 cm³/mol. The Bertz CT molecular complexity index is 410. The van der Waals surface area contributed by atoms with Crippen LogP contribution in [0.5, 0.6) is 0 Å². The van der Waals surface area contributed by atoms with E-state index in [9.17, 15) is 4.79 Å². The number of hydrogen-bond acceptors (Lipinski definition) is 2. The van der Waals surface area contributed by atoms with Crippen LogP contribution in [0.2, 0.25) is 5.02 Å². The first kappa shape index (κ1) is 11.2. The van der Waals surface area contributed by atoms with E-state index in [-0.39, 0.29) is 5.91 Å². The molecule has 0 atom stereocenters. The highest BCUT2D eigenvalue weighted by Crippen LogP contribution is 2.30. The standard InChI is InChI=1S/C12H12ClNO2/c1-2-11(15)14-12(7-16-8-12)9-3-5-10(13)6-4-9/h2-6H,1,7-8H2,(H,14,15). The van der Waals surface area contributed by atoms with Crippen LogP contribution in [0.3, 0.4) is 0 Å². The van der Waals surface area contributed by atoms with Gasteiger partial charge in [0, 0.05) is 5.02 Å². The van der Waals surface area contributed by atoms with E-state index in [1.54, 1.807) is 12.1 Å². The number of nitrogens with one attached hydrogen (secondary N) is 1. The molecule has 1 fully saturated rings. The molecular formula is C12H12ClNO2. The summed E-state index contributed by atoms with van der Waals surface area (Å²) in [5.74, 6) is -0.196. The lowest BCUT2D eigenvalue weighted by atomic mass is 9.88. The van der Waals surface area contributed by atoms with Gasteiger partial charge in [-0.15, -0.1) is 0 Å². The van der Waals surface area contributed by atoms with Crippen LogP contribution in [-0.2, 0) is 15.1 Å². The third-order valence-electron chi connectivity index (χ3n) is 2.64. The Morgan fingerprint density at radius 1 is 1.44 bits per heavy atom. The van der Waals surface area contributed by atoms with Crippen LogP contribution in [0.15, 0.2) is 36.9 Å². The third kappa shape index (κ3) is 1.96. The van der Waals surface area contributed by atoms with Crippen molar-refractivity contribution in [3.05, 3.63) is 47.5 Å². The number of carbonyl (C=O) groups excluding carboxylic acids is 1. The summed E-state index contributed by atoms with van der Waals surface area (Å²) in [4.78, 5) is 11.3. The molecule has 1 heterocycles. The minimum Gasteiger partial charge on any atom is -0.376 e. The van der Waals surface area contributed by atoms with Gasteiger partial charge < -0.3 is 10.1 Å². The molecule has 0 bridgehead atoms. The zero-order valence-corrected chi connectivity index (χ0v) is 9.46. The van der Waals surface area contributed by atoms with Gasteiger partial charge in [-0.2, -0.15) is 0 Å². The number of amides is 1. The number of ether oxygens (including phenoxy) is 1. The van der Waals surface area contributed by atoms with Crippen molar-refractivity contribution < 1.29 is 9.53 Å². The Hall–Kier alpha value is -1.32. The van der Waals surface area contributed by atoms with Crippen molar-refractivity contribution in [3.63, 3.8) is 0 Å². The van der Waals surface area contributed by atoms with Crippen molar-refractivity contribution in [3.8, 4) is 0 Å². The molecule has 4 heteroatoms. The van der Waals surface area contributed by atoms with Gasteiger partial charge in [-0.3, -0.25) is 4.79 Å². The number of hydrogen-bond donors (Lipinski definition) is 1. The van der Waals surface area contributed by atoms with Gasteiger partial charge in [0.2, 0.25) is 5.91 Å². The van der Waals surface area contributed by atoms with Gasteiger partial charge in [0.15, 0.2) is 0 Å². The number of carbonyl (C=O) groups is 1. The average molecular weight is 238 g/mol. The van der Waals surface area contributed by atoms with E-state index >= 15 is 0 Å². The zero-order valence-electron chi connectivity index (χ0n) is 8.70. The lowest BCUT2D eigenvalue weighted by Gasteiger charge is -2.42. The van der Waals surface area contributed by atoms with Crippen molar-refractivity contribution in [1.82, 2.24) is 5.32 Å². The van der Waals surface area contributed by atoms with Gasteiger partial charge in [-0.05, 0) is 23.8 Å². The van der Waals surface area contributed by atoms with Gasteiger partial charge >= 0.3 is 0 Å². The maximum atomic E-state index is 11.3. The first-order valence-electron chi connectivity index (χ1n) is 4.95. The quantitative estimate of drug-likeness (QED) is 0.815. The molecule has 0 spiro atoms. The number of rotatable bonds is 3. The van der Waals surface area contributed by atoms with Gasteiger partial charge in [0.1, 0.15) is 5.54 Å². The Morgan fingerprint density at radius 2 is 2.06 bits per heavy atom. The van der Waals surface area contributed by atoms with Gasteiger partial charge in [0.05, 0.1) is 13.2 Å². The summed E-state index contributed by atoms with van der Waals surface area (Å²) in [7, 11) is 0. The summed E-state index contributed by atoms with van der Waals surface area (Å²) in [5.41, 5.74) is 0.578. The van der Waals surface area contributed by atoms with Crippen LogP contribution in [0.1, 0.15) is 5.56 Å². The van der Waals surface area contributed by atoms with Crippen LogP contribution < -0.4 is 5.32 Å². The smallest absolute Gasteiger partial charge is 0.244 e. The van der Waals surface area contributed by atoms with Crippen LogP contribution in [0, 0.1) is 0 Å². The summed E-state index contributed by atoms with van der Waals surface area (Å²) >= 11 is 5.82. The first-order valence-corrected chi connectivity index (χ1v) is 5.32. The van der Waals surface area contributed by atoms with E-state index in [2.05, 4.69) is 11.9 Å². The summed E-state index contributed by atoms with van der Waals surface area (Å²) < 4.78 is 5.19. The van der Waals surface area contributed by atoms with E-state index in [1.165, 1.54) is 6.08 Å². The van der Waals surface area contributed by atoms with Crippen LogP contribution in [-0.4, -0.2) is 19.1 Å². The van der Waals surface area contributed by atoms with Crippen LogP contribution in [0.4, 0.5) is 0 Å². The van der Waals surface area contributed by atoms with E-state index in [0.717, 1.165) is 5.56 Å². The number of halogens is 1. The third-order valence-corrected chi connectivity index (χ3v) is 2.89. The highest BCUT2D eigenvalue weighted by atomic mass is 35.5. The topological polar surface area (TPSA) is 38.3 Å². The molecule has 84 valence electrons. The Kier molecular flexibility index (Phi) is 2.99. The van der Waals surface area contributed by atoms with Gasteiger partial charge in [-0.25, -0.2) is 0 Å². The van der Waals surface area contributed by atoms with E-state index < -0.39 is 5.54 Å². The second kappa shape index (κ2) is 4.28. The van der Waals surface area contributed by atoms with Crippen LogP contribution >= 0.6 is 11.6 Å². The van der Waals surface area contributed by atoms with E-state index in [1.807, 2.05) is 12.1 Å². The highest BCUT2D eigenvalue weighted by Gasteiger charge is 2.41. The minimum absolute atomic E-state index is 0.196. The molecule has 1 N–H and O–H groups in total. The van der Waals surface area contributed by atoms with Crippen LogP contribution in [0.25, 0.3) is 0 Å². The molecule has 0 aliphatic carbocycles. The summed E-state index contributed by atoms with van der Waals surface area (Å²) in [6.07, 6.45) is 1.26. The minimum atomic E-state index is -0.421. The summed E-state index contributed by atoms with van der Waals surface area (Å²) in [5, 5.41) is 3.57. The van der Waals surface area contributed by atoms with Crippen molar-refractivity contribution in [2.24, 2.45) is 0 Å². The molecule has 1 saturated heterocycles. The molecule has 2 rings (SSSR count). The molecule has 0 saturated carbocycles. The first-order chi connectivity index (χ1) is 7.66. The fourth-order valence-corrected chi connectivity index (χ4v) is 1.80. The average Bonchev–Trinajstić information content (AvgIpc) is 2.24. The monoisotopic (exact) mass is 237 g/mol. The molecular weight excluding hydrogens is 226 g/mol. The SMILES string of the molecule is C=CC(=O)NC1(c2ccc(Cl)cc2)COC1. The molecule has 0 aromatic heterocycles. The second-order valence-corrected chi connectivity index (χ2v) is 4.21. The summed E-state index contributed by atoms with van der Waals surface area (Å²) in [6, 6.07) is 7.40. The summed E-state index contributed by atoms with van der Waals surface area (Å²) in [6.45, 7) is 4.40. The molecule has 0 unspecified atom stereocenters. The lowest BCUT2D eigenvalue weighted by Crippen LogP contribution is -2.59. The van der Waals surface area contributed by atoms with Crippen molar-refractivity contribution in [2.45, 2.75) is 5.54 Å². The molecule has 1 amide bonds. The van der Waals surface area contributed by atoms with E-state index in [4.69, 9.17) is 16.3 Å². The molecule has 0 radical (unpaired) electrons. The fraction of sp³-hybridized carbons (Fsp3) is 0.250. The molecule has 16 heavy (non-hydrogen) atoms. The Balaban J connectivity index is 2.24. The normalized spacial score (nSPS) is 17.3. The van der Waals surface area contributed by atoms with E-state index in [0.29, 0.717) is 18.2 Å². The van der Waals surface area contributed by atoms with Gasteiger partial charge in [-0.1, -0.05) is 30.3 Å². The fourth-order valence-electron chi connectivity index (χ4n) is 1.67.